The van der Waals surface area contributed by atoms with E-state index in [2.05, 4.69) is 52.0 Å². The van der Waals surface area contributed by atoms with Gasteiger partial charge in [0.25, 0.3) is 0 Å². The lowest BCUT2D eigenvalue weighted by Crippen LogP contribution is -2.41. The normalized spacial score (nSPS) is 21.2. The molecular formula is C17H26BNO2. The van der Waals surface area contributed by atoms with E-state index in [0.717, 1.165) is 11.1 Å². The Morgan fingerprint density at radius 2 is 1.48 bits per heavy atom. The second kappa shape index (κ2) is 5.27. The molecule has 1 fully saturated rings. The average Bonchev–Trinajstić information content (AvgIpc) is 2.55. The summed E-state index contributed by atoms with van der Waals surface area (Å²) in [5.74, 6) is 1.96. The molecule has 3 nitrogen and oxygen atoms in total. The van der Waals surface area contributed by atoms with Crippen molar-refractivity contribution in [1.29, 1.82) is 0 Å². The molecule has 2 rings (SSSR count). The van der Waals surface area contributed by atoms with Crippen LogP contribution in [-0.2, 0) is 14.8 Å². The van der Waals surface area contributed by atoms with Gasteiger partial charge in [0, 0.05) is 5.54 Å². The van der Waals surface area contributed by atoms with E-state index in [4.69, 9.17) is 15.0 Å². The summed E-state index contributed by atoms with van der Waals surface area (Å²) in [4.78, 5) is 0. The van der Waals surface area contributed by atoms with E-state index in [1.807, 2.05) is 25.9 Å². The third-order valence-electron chi connectivity index (χ3n) is 4.37. The highest BCUT2D eigenvalue weighted by Crippen LogP contribution is 2.37. The minimum absolute atomic E-state index is 0.296. The van der Waals surface area contributed by atoms with Crippen molar-refractivity contribution in [3.05, 3.63) is 41.4 Å². The lowest BCUT2D eigenvalue weighted by molar-refractivity contribution is 0.00578. The fraction of sp³-hybridized carbons (Fsp3) is 0.529. The molecule has 0 spiro atoms. The monoisotopic (exact) mass is 287 g/mol. The molecule has 1 aromatic carbocycles. The Kier molecular flexibility index (Phi) is 4.09. The van der Waals surface area contributed by atoms with Crippen LogP contribution in [0.3, 0.4) is 0 Å². The molecule has 1 heterocycles. The van der Waals surface area contributed by atoms with Crippen LogP contribution in [-0.4, -0.2) is 18.3 Å². The molecule has 0 aromatic heterocycles. The highest BCUT2D eigenvalue weighted by atomic mass is 16.7. The number of hydrogen-bond donors (Lipinski definition) is 1. The van der Waals surface area contributed by atoms with E-state index in [1.165, 1.54) is 0 Å². The van der Waals surface area contributed by atoms with Crippen molar-refractivity contribution in [3.63, 3.8) is 0 Å². The second-order valence-corrected chi connectivity index (χ2v) is 7.33. The van der Waals surface area contributed by atoms with E-state index in [-0.39, 0.29) is 23.9 Å². The molecule has 1 aliphatic heterocycles. The zero-order valence-electron chi connectivity index (χ0n) is 13.9. The Balaban J connectivity index is 2.06. The Labute approximate surface area is 128 Å². The maximum Gasteiger partial charge on any atom is 0.487 e. The number of benzene rings is 1. The number of hydrogen-bond acceptors (Lipinski definition) is 3. The van der Waals surface area contributed by atoms with Crippen molar-refractivity contribution in [1.82, 2.24) is 0 Å². The summed E-state index contributed by atoms with van der Waals surface area (Å²) in [6, 6.07) is 8.24. The van der Waals surface area contributed by atoms with Crippen molar-refractivity contribution in [2.24, 2.45) is 5.73 Å². The van der Waals surface area contributed by atoms with Crippen molar-refractivity contribution in [3.8, 4) is 0 Å². The van der Waals surface area contributed by atoms with E-state index in [0.29, 0.717) is 0 Å². The van der Waals surface area contributed by atoms with Gasteiger partial charge in [0.15, 0.2) is 0 Å². The maximum absolute atomic E-state index is 6.08. The van der Waals surface area contributed by atoms with Crippen LogP contribution in [0.4, 0.5) is 0 Å². The standard InChI is InChI=1S/C17H26BNO2/c1-15(2,19)14-9-7-13(8-10-14)11-12-18-20-16(3,4)17(5,6)21-18/h7-12H,19H2,1-6H3. The number of nitrogens with two attached hydrogens (primary N) is 1. The van der Waals surface area contributed by atoms with Crippen LogP contribution in [0.5, 0.6) is 0 Å². The SMILES string of the molecule is CC(C)(N)c1ccc(C=CB2OC(C)(C)C(C)(C)O2)cc1. The first kappa shape index (κ1) is 16.3. The largest absolute Gasteiger partial charge is 0.487 e. The first-order chi connectivity index (χ1) is 9.51. The highest BCUT2D eigenvalue weighted by molar-refractivity contribution is 6.52. The summed E-state index contributed by atoms with van der Waals surface area (Å²) in [5, 5.41) is 0. The maximum atomic E-state index is 6.08. The fourth-order valence-electron chi connectivity index (χ4n) is 2.18. The lowest BCUT2D eigenvalue weighted by atomic mass is 9.88. The van der Waals surface area contributed by atoms with Gasteiger partial charge in [-0.05, 0) is 52.7 Å². The van der Waals surface area contributed by atoms with Crippen molar-refractivity contribution in [2.45, 2.75) is 58.3 Å². The zero-order chi connectivity index (χ0) is 15.9. The molecule has 2 N–H and O–H groups in total. The third kappa shape index (κ3) is 3.57. The highest BCUT2D eigenvalue weighted by Gasteiger charge is 2.49. The van der Waals surface area contributed by atoms with Gasteiger partial charge in [-0.3, -0.25) is 0 Å². The molecule has 0 atom stereocenters. The van der Waals surface area contributed by atoms with Gasteiger partial charge in [-0.2, -0.15) is 0 Å². The Morgan fingerprint density at radius 3 is 1.90 bits per heavy atom. The van der Waals surface area contributed by atoms with Crippen LogP contribution < -0.4 is 5.73 Å². The molecule has 0 saturated carbocycles. The van der Waals surface area contributed by atoms with Crippen LogP contribution in [0.25, 0.3) is 6.08 Å². The zero-order valence-corrected chi connectivity index (χ0v) is 13.9. The quantitative estimate of drug-likeness (QED) is 0.865. The average molecular weight is 287 g/mol. The van der Waals surface area contributed by atoms with Gasteiger partial charge >= 0.3 is 7.12 Å². The minimum atomic E-state index is -0.312. The Morgan fingerprint density at radius 1 is 1.00 bits per heavy atom. The molecule has 4 heteroatoms. The third-order valence-corrected chi connectivity index (χ3v) is 4.37. The van der Waals surface area contributed by atoms with E-state index >= 15 is 0 Å². The predicted molar refractivity (Wildman–Crippen MR) is 88.8 cm³/mol. The van der Waals surface area contributed by atoms with Crippen LogP contribution in [0.1, 0.15) is 52.7 Å². The van der Waals surface area contributed by atoms with Gasteiger partial charge in [-0.25, -0.2) is 0 Å². The molecule has 1 aromatic rings. The van der Waals surface area contributed by atoms with Gasteiger partial charge in [0.1, 0.15) is 0 Å². The van der Waals surface area contributed by atoms with Gasteiger partial charge in [-0.1, -0.05) is 36.3 Å². The molecule has 0 radical (unpaired) electrons. The van der Waals surface area contributed by atoms with Crippen molar-refractivity contribution in [2.75, 3.05) is 0 Å². The summed E-state index contributed by atoms with van der Waals surface area (Å²) in [6.45, 7) is 12.2. The molecule has 0 amide bonds. The Bertz CT molecular complexity index is 511. The van der Waals surface area contributed by atoms with Crippen LogP contribution in [0.2, 0.25) is 0 Å². The summed E-state index contributed by atoms with van der Waals surface area (Å²) in [5.41, 5.74) is 7.41. The smallest absolute Gasteiger partial charge is 0.400 e. The molecular weight excluding hydrogens is 261 g/mol. The minimum Gasteiger partial charge on any atom is -0.400 e. The fourth-order valence-corrected chi connectivity index (χ4v) is 2.18. The molecule has 0 aliphatic carbocycles. The second-order valence-electron chi connectivity index (χ2n) is 7.33. The van der Waals surface area contributed by atoms with Gasteiger partial charge in [-0.15, -0.1) is 0 Å². The molecule has 1 aliphatic rings. The van der Waals surface area contributed by atoms with E-state index in [1.54, 1.807) is 0 Å². The van der Waals surface area contributed by atoms with E-state index < -0.39 is 0 Å². The van der Waals surface area contributed by atoms with Gasteiger partial charge in [0.05, 0.1) is 11.2 Å². The van der Waals surface area contributed by atoms with Gasteiger partial charge in [0.2, 0.25) is 0 Å². The molecule has 0 bridgehead atoms. The summed E-state index contributed by atoms with van der Waals surface area (Å²) < 4.78 is 11.9. The summed E-state index contributed by atoms with van der Waals surface area (Å²) in [7, 11) is -0.305. The molecule has 21 heavy (non-hydrogen) atoms. The molecule has 114 valence electrons. The number of rotatable bonds is 3. The molecule has 1 saturated heterocycles. The lowest BCUT2D eigenvalue weighted by Gasteiger charge is -2.32. The first-order valence-corrected chi connectivity index (χ1v) is 7.45. The summed E-state index contributed by atoms with van der Waals surface area (Å²) in [6.07, 6.45) is 2.02. The predicted octanol–water partition coefficient (Wildman–Crippen LogP) is 3.53. The summed E-state index contributed by atoms with van der Waals surface area (Å²) >= 11 is 0. The first-order valence-electron chi connectivity index (χ1n) is 7.45. The van der Waals surface area contributed by atoms with Gasteiger partial charge < -0.3 is 15.0 Å². The van der Waals surface area contributed by atoms with Crippen molar-refractivity contribution >= 4 is 13.2 Å². The van der Waals surface area contributed by atoms with Crippen LogP contribution in [0, 0.1) is 0 Å². The molecule has 0 unspecified atom stereocenters. The topological polar surface area (TPSA) is 44.5 Å². The van der Waals surface area contributed by atoms with Crippen molar-refractivity contribution < 1.29 is 9.31 Å². The van der Waals surface area contributed by atoms with Crippen LogP contribution in [0.15, 0.2) is 30.2 Å². The Hall–Kier alpha value is -1.10. The van der Waals surface area contributed by atoms with E-state index in [9.17, 15) is 0 Å². The van der Waals surface area contributed by atoms with Crippen LogP contribution >= 0.6 is 0 Å².